The summed E-state index contributed by atoms with van der Waals surface area (Å²) in [6, 6.07) is 4.91. The van der Waals surface area contributed by atoms with Crippen molar-refractivity contribution in [1.29, 1.82) is 0 Å². The standard InChI is InChI=1S/C19H29NO5/c1-6-14(5)20-18(21)12-25-19(22)15-8-9-16(24-11-13(3)4)17(10-15)23-7-2/h8-10,13-14H,6-7,11-12H2,1-5H3,(H,20,21)/t14-/m0/s1. The molecule has 0 heterocycles. The van der Waals surface area contributed by atoms with E-state index in [1.54, 1.807) is 18.2 Å². The monoisotopic (exact) mass is 351 g/mol. The van der Waals surface area contributed by atoms with Crippen molar-refractivity contribution in [2.24, 2.45) is 5.92 Å². The predicted molar refractivity (Wildman–Crippen MR) is 96.1 cm³/mol. The maximum atomic E-state index is 12.1. The molecular formula is C19H29NO5. The van der Waals surface area contributed by atoms with E-state index in [0.29, 0.717) is 36.2 Å². The molecule has 6 nitrogen and oxygen atoms in total. The Morgan fingerprint density at radius 1 is 1.08 bits per heavy atom. The zero-order valence-electron chi connectivity index (χ0n) is 15.8. The minimum absolute atomic E-state index is 0.0492. The summed E-state index contributed by atoms with van der Waals surface area (Å²) in [7, 11) is 0. The largest absolute Gasteiger partial charge is 0.490 e. The van der Waals surface area contributed by atoms with E-state index in [9.17, 15) is 9.59 Å². The summed E-state index contributed by atoms with van der Waals surface area (Å²) < 4.78 is 16.3. The first kappa shape index (κ1) is 20.8. The molecule has 1 aromatic carbocycles. The van der Waals surface area contributed by atoms with Crippen molar-refractivity contribution in [3.05, 3.63) is 23.8 Å². The van der Waals surface area contributed by atoms with Crippen molar-refractivity contribution in [3.63, 3.8) is 0 Å². The van der Waals surface area contributed by atoms with E-state index < -0.39 is 5.97 Å². The third-order valence-corrected chi connectivity index (χ3v) is 3.41. The van der Waals surface area contributed by atoms with Gasteiger partial charge in [0.2, 0.25) is 0 Å². The molecular weight excluding hydrogens is 322 g/mol. The molecule has 25 heavy (non-hydrogen) atoms. The molecule has 0 saturated carbocycles. The van der Waals surface area contributed by atoms with E-state index in [0.717, 1.165) is 6.42 Å². The van der Waals surface area contributed by atoms with Gasteiger partial charge in [0.15, 0.2) is 18.1 Å². The molecule has 1 atom stereocenters. The summed E-state index contributed by atoms with van der Waals surface area (Å²) in [5.74, 6) is 0.562. The quantitative estimate of drug-likeness (QED) is 0.655. The Labute approximate surface area is 149 Å². The van der Waals surface area contributed by atoms with E-state index in [1.807, 2.05) is 20.8 Å². The number of benzene rings is 1. The molecule has 0 fully saturated rings. The summed E-state index contributed by atoms with van der Waals surface area (Å²) in [6.45, 7) is 10.5. The second kappa shape index (κ2) is 10.6. The number of amides is 1. The lowest BCUT2D eigenvalue weighted by Crippen LogP contribution is -2.35. The molecule has 1 rings (SSSR count). The van der Waals surface area contributed by atoms with Crippen LogP contribution < -0.4 is 14.8 Å². The van der Waals surface area contributed by atoms with Crippen LogP contribution in [0.2, 0.25) is 0 Å². The van der Waals surface area contributed by atoms with Gasteiger partial charge in [0.05, 0.1) is 18.8 Å². The number of carbonyl (C=O) groups excluding carboxylic acids is 2. The highest BCUT2D eigenvalue weighted by Crippen LogP contribution is 2.29. The number of hydrogen-bond donors (Lipinski definition) is 1. The second-order valence-electron chi connectivity index (χ2n) is 6.25. The van der Waals surface area contributed by atoms with Crippen molar-refractivity contribution in [2.75, 3.05) is 19.8 Å². The van der Waals surface area contributed by atoms with Gasteiger partial charge < -0.3 is 19.5 Å². The molecule has 0 saturated heterocycles. The van der Waals surface area contributed by atoms with Crippen molar-refractivity contribution in [3.8, 4) is 11.5 Å². The normalized spacial score (nSPS) is 11.8. The van der Waals surface area contributed by atoms with Gasteiger partial charge in [-0.2, -0.15) is 0 Å². The first-order chi connectivity index (χ1) is 11.9. The fraction of sp³-hybridized carbons (Fsp3) is 0.579. The predicted octanol–water partition coefficient (Wildman–Crippen LogP) is 3.19. The third-order valence-electron chi connectivity index (χ3n) is 3.41. The molecule has 0 unspecified atom stereocenters. The highest BCUT2D eigenvalue weighted by atomic mass is 16.5. The SMILES string of the molecule is CCOc1cc(C(=O)OCC(=O)N[C@@H](C)CC)ccc1OCC(C)C. The molecule has 0 aliphatic heterocycles. The maximum absolute atomic E-state index is 12.1. The van der Waals surface area contributed by atoms with Gasteiger partial charge in [0, 0.05) is 6.04 Å². The Bertz CT molecular complexity index is 571. The molecule has 6 heteroatoms. The summed E-state index contributed by atoms with van der Waals surface area (Å²) in [6.07, 6.45) is 0.815. The van der Waals surface area contributed by atoms with E-state index in [4.69, 9.17) is 14.2 Å². The lowest BCUT2D eigenvalue weighted by Gasteiger charge is -2.15. The molecule has 140 valence electrons. The van der Waals surface area contributed by atoms with Gasteiger partial charge >= 0.3 is 5.97 Å². The van der Waals surface area contributed by atoms with Crippen LogP contribution in [0.15, 0.2) is 18.2 Å². The number of rotatable bonds is 10. The summed E-state index contributed by atoms with van der Waals surface area (Å²) in [4.78, 5) is 23.8. The Morgan fingerprint density at radius 2 is 1.80 bits per heavy atom. The molecule has 1 amide bonds. The van der Waals surface area contributed by atoms with Crippen molar-refractivity contribution in [1.82, 2.24) is 5.32 Å². The van der Waals surface area contributed by atoms with Gasteiger partial charge in [-0.1, -0.05) is 20.8 Å². The van der Waals surface area contributed by atoms with Crippen LogP contribution in [0.1, 0.15) is 51.4 Å². The van der Waals surface area contributed by atoms with Gasteiger partial charge in [-0.3, -0.25) is 4.79 Å². The Morgan fingerprint density at radius 3 is 2.40 bits per heavy atom. The van der Waals surface area contributed by atoms with Crippen molar-refractivity contribution >= 4 is 11.9 Å². The van der Waals surface area contributed by atoms with Crippen molar-refractivity contribution < 1.29 is 23.8 Å². The topological polar surface area (TPSA) is 73.9 Å². The zero-order chi connectivity index (χ0) is 18.8. The average molecular weight is 351 g/mol. The van der Waals surface area contributed by atoms with Crippen molar-refractivity contribution in [2.45, 2.75) is 47.1 Å². The van der Waals surface area contributed by atoms with Crippen LogP contribution >= 0.6 is 0 Å². The van der Waals surface area contributed by atoms with Gasteiger partial charge in [-0.05, 0) is 44.4 Å². The average Bonchev–Trinajstić information content (AvgIpc) is 2.58. The number of carbonyl (C=O) groups is 2. The summed E-state index contributed by atoms with van der Waals surface area (Å²) >= 11 is 0. The minimum atomic E-state index is -0.573. The van der Waals surface area contributed by atoms with Crippen LogP contribution in [0.4, 0.5) is 0 Å². The molecule has 0 bridgehead atoms. The molecule has 0 radical (unpaired) electrons. The lowest BCUT2D eigenvalue weighted by atomic mass is 10.2. The fourth-order valence-corrected chi connectivity index (χ4v) is 1.91. The number of esters is 1. The Balaban J connectivity index is 2.71. The van der Waals surface area contributed by atoms with Crippen LogP contribution in [0, 0.1) is 5.92 Å². The molecule has 0 aliphatic carbocycles. The number of hydrogen-bond acceptors (Lipinski definition) is 5. The van der Waals surface area contributed by atoms with Crippen LogP contribution in [0.5, 0.6) is 11.5 Å². The van der Waals surface area contributed by atoms with Gasteiger partial charge in [0.1, 0.15) is 0 Å². The lowest BCUT2D eigenvalue weighted by molar-refractivity contribution is -0.124. The van der Waals surface area contributed by atoms with Crippen LogP contribution in [-0.2, 0) is 9.53 Å². The summed E-state index contributed by atoms with van der Waals surface area (Å²) in [5.41, 5.74) is 0.316. The fourth-order valence-electron chi connectivity index (χ4n) is 1.91. The molecule has 0 aromatic heterocycles. The van der Waals surface area contributed by atoms with Crippen LogP contribution in [-0.4, -0.2) is 37.7 Å². The van der Waals surface area contributed by atoms with Gasteiger partial charge in [0.25, 0.3) is 5.91 Å². The molecule has 1 aromatic rings. The Kier molecular flexibility index (Phi) is 8.81. The molecule has 0 aliphatic rings. The highest BCUT2D eigenvalue weighted by molar-refractivity contribution is 5.92. The summed E-state index contributed by atoms with van der Waals surface area (Å²) in [5, 5.41) is 2.74. The maximum Gasteiger partial charge on any atom is 0.338 e. The first-order valence-corrected chi connectivity index (χ1v) is 8.73. The van der Waals surface area contributed by atoms with E-state index in [-0.39, 0.29) is 18.6 Å². The van der Waals surface area contributed by atoms with Crippen LogP contribution in [0.25, 0.3) is 0 Å². The van der Waals surface area contributed by atoms with E-state index in [1.165, 1.54) is 0 Å². The minimum Gasteiger partial charge on any atom is -0.490 e. The number of ether oxygens (including phenoxy) is 3. The first-order valence-electron chi connectivity index (χ1n) is 8.73. The second-order valence-corrected chi connectivity index (χ2v) is 6.25. The molecule has 0 spiro atoms. The van der Waals surface area contributed by atoms with E-state index in [2.05, 4.69) is 19.2 Å². The van der Waals surface area contributed by atoms with Gasteiger partial charge in [-0.25, -0.2) is 4.79 Å². The molecule has 1 N–H and O–H groups in total. The zero-order valence-corrected chi connectivity index (χ0v) is 15.8. The Hall–Kier alpha value is -2.24. The highest BCUT2D eigenvalue weighted by Gasteiger charge is 2.15. The van der Waals surface area contributed by atoms with Gasteiger partial charge in [-0.15, -0.1) is 0 Å². The van der Waals surface area contributed by atoms with Crippen LogP contribution in [0.3, 0.4) is 0 Å². The smallest absolute Gasteiger partial charge is 0.338 e. The number of nitrogens with one attached hydrogen (secondary N) is 1. The third kappa shape index (κ3) is 7.45. The van der Waals surface area contributed by atoms with E-state index >= 15 is 0 Å².